The Hall–Kier alpha value is -2.74. The lowest BCUT2D eigenvalue weighted by atomic mass is 10.2. The first kappa shape index (κ1) is 17.1. The molecular weight excluding hydrogens is 348 g/mol. The highest BCUT2D eigenvalue weighted by Crippen LogP contribution is 2.16. The van der Waals surface area contributed by atoms with E-state index < -0.39 is 11.6 Å². The number of halogens is 2. The zero-order chi connectivity index (χ0) is 17.6. The lowest BCUT2D eigenvalue weighted by molar-refractivity contribution is -0.116. The standard InChI is InChI=1S/C17H13F2N3O2S/c18-13-4-12(5-14(19)7-13)9-24-15-3-1-2-11(6-15)8-20-22-17-21-16(23)10-25-17/h1-8H,9-10H2,(H,21,22,23). The summed E-state index contributed by atoms with van der Waals surface area (Å²) in [6, 6.07) is 10.3. The minimum absolute atomic E-state index is 0.0419. The van der Waals surface area contributed by atoms with Gasteiger partial charge in [0.1, 0.15) is 24.0 Å². The molecule has 128 valence electrons. The summed E-state index contributed by atoms with van der Waals surface area (Å²) in [4.78, 5) is 11.0. The Morgan fingerprint density at radius 1 is 1.20 bits per heavy atom. The van der Waals surface area contributed by atoms with Gasteiger partial charge in [-0.05, 0) is 35.4 Å². The van der Waals surface area contributed by atoms with Gasteiger partial charge in [-0.25, -0.2) is 8.78 Å². The highest BCUT2D eigenvalue weighted by Gasteiger charge is 2.15. The number of hydrogen-bond acceptors (Lipinski definition) is 5. The molecule has 0 unspecified atom stereocenters. The van der Waals surface area contributed by atoms with E-state index in [1.807, 2.05) is 0 Å². The fourth-order valence-electron chi connectivity index (χ4n) is 2.07. The van der Waals surface area contributed by atoms with E-state index in [1.165, 1.54) is 30.1 Å². The summed E-state index contributed by atoms with van der Waals surface area (Å²) in [5, 5.41) is 10.9. The zero-order valence-corrected chi connectivity index (χ0v) is 13.7. The maximum absolute atomic E-state index is 13.2. The van der Waals surface area contributed by atoms with Crippen LogP contribution >= 0.6 is 11.8 Å². The van der Waals surface area contributed by atoms with Crippen LogP contribution in [0, 0.1) is 11.6 Å². The lowest BCUT2D eigenvalue weighted by Crippen LogP contribution is -2.19. The van der Waals surface area contributed by atoms with Crippen molar-refractivity contribution in [3.05, 3.63) is 65.2 Å². The fourth-order valence-corrected chi connectivity index (χ4v) is 2.70. The number of rotatable bonds is 5. The molecule has 1 fully saturated rings. The van der Waals surface area contributed by atoms with Crippen molar-refractivity contribution in [3.63, 3.8) is 0 Å². The quantitative estimate of drug-likeness (QED) is 0.658. The molecule has 0 saturated carbocycles. The summed E-state index contributed by atoms with van der Waals surface area (Å²) < 4.78 is 31.9. The van der Waals surface area contributed by atoms with Gasteiger partial charge in [-0.15, -0.1) is 5.10 Å². The van der Waals surface area contributed by atoms with Gasteiger partial charge in [0.15, 0.2) is 5.17 Å². The van der Waals surface area contributed by atoms with E-state index >= 15 is 0 Å². The smallest absolute Gasteiger partial charge is 0.236 e. The van der Waals surface area contributed by atoms with Crippen molar-refractivity contribution in [1.82, 2.24) is 5.32 Å². The Morgan fingerprint density at radius 2 is 2.00 bits per heavy atom. The minimum atomic E-state index is -0.643. The summed E-state index contributed by atoms with van der Waals surface area (Å²) >= 11 is 1.29. The second-order valence-electron chi connectivity index (χ2n) is 5.13. The number of hydrogen-bond donors (Lipinski definition) is 1. The van der Waals surface area contributed by atoms with Gasteiger partial charge >= 0.3 is 0 Å². The van der Waals surface area contributed by atoms with Crippen LogP contribution in [0.2, 0.25) is 0 Å². The van der Waals surface area contributed by atoms with Crippen molar-refractivity contribution in [3.8, 4) is 5.75 Å². The van der Waals surface area contributed by atoms with E-state index in [1.54, 1.807) is 24.3 Å². The monoisotopic (exact) mass is 361 g/mol. The van der Waals surface area contributed by atoms with Gasteiger partial charge in [-0.1, -0.05) is 23.9 Å². The molecule has 1 heterocycles. The lowest BCUT2D eigenvalue weighted by Gasteiger charge is -2.07. The molecule has 1 amide bonds. The van der Waals surface area contributed by atoms with Crippen LogP contribution in [0.25, 0.3) is 0 Å². The zero-order valence-electron chi connectivity index (χ0n) is 12.9. The third kappa shape index (κ3) is 5.12. The average Bonchev–Trinajstić information content (AvgIpc) is 2.98. The molecule has 1 N–H and O–H groups in total. The molecule has 0 spiro atoms. The highest BCUT2D eigenvalue weighted by atomic mass is 32.2. The van der Waals surface area contributed by atoms with E-state index in [0.29, 0.717) is 22.2 Å². The minimum Gasteiger partial charge on any atom is -0.489 e. The molecule has 1 aliphatic heterocycles. The van der Waals surface area contributed by atoms with Gasteiger partial charge < -0.3 is 10.1 Å². The van der Waals surface area contributed by atoms with Crippen LogP contribution in [0.1, 0.15) is 11.1 Å². The molecule has 0 aliphatic carbocycles. The third-order valence-corrected chi connectivity index (χ3v) is 3.99. The van der Waals surface area contributed by atoms with Gasteiger partial charge in [0.2, 0.25) is 5.91 Å². The summed E-state index contributed by atoms with van der Waals surface area (Å²) in [5.74, 6) is -0.503. The number of amidine groups is 1. The average molecular weight is 361 g/mol. The summed E-state index contributed by atoms with van der Waals surface area (Å²) in [7, 11) is 0. The van der Waals surface area contributed by atoms with Crippen LogP contribution in [-0.2, 0) is 11.4 Å². The van der Waals surface area contributed by atoms with Crippen molar-refractivity contribution in [2.24, 2.45) is 10.2 Å². The first-order valence-electron chi connectivity index (χ1n) is 7.30. The Morgan fingerprint density at radius 3 is 2.72 bits per heavy atom. The Balaban J connectivity index is 1.62. The predicted octanol–water partition coefficient (Wildman–Crippen LogP) is 3.10. The second-order valence-corrected chi connectivity index (χ2v) is 6.09. The summed E-state index contributed by atoms with van der Waals surface area (Å²) in [6.07, 6.45) is 1.52. The molecule has 0 aromatic heterocycles. The van der Waals surface area contributed by atoms with Crippen LogP contribution in [0.4, 0.5) is 8.78 Å². The number of carbonyl (C=O) groups excluding carboxylic acids is 1. The molecule has 0 radical (unpaired) electrons. The molecule has 25 heavy (non-hydrogen) atoms. The number of carbonyl (C=O) groups is 1. The van der Waals surface area contributed by atoms with Crippen molar-refractivity contribution in [1.29, 1.82) is 0 Å². The van der Waals surface area contributed by atoms with Crippen LogP contribution in [0.3, 0.4) is 0 Å². The van der Waals surface area contributed by atoms with Gasteiger partial charge in [0.05, 0.1) is 12.0 Å². The number of thioether (sulfide) groups is 1. The molecule has 5 nitrogen and oxygen atoms in total. The molecule has 8 heteroatoms. The first-order valence-corrected chi connectivity index (χ1v) is 8.28. The topological polar surface area (TPSA) is 63.0 Å². The van der Waals surface area contributed by atoms with Gasteiger partial charge in [0, 0.05) is 6.07 Å². The maximum Gasteiger partial charge on any atom is 0.236 e. The van der Waals surface area contributed by atoms with Crippen molar-refractivity contribution in [2.45, 2.75) is 6.61 Å². The second kappa shape index (κ2) is 7.89. The molecule has 0 bridgehead atoms. The molecule has 0 atom stereocenters. The molecule has 3 rings (SSSR count). The Bertz CT molecular complexity index is 835. The van der Waals surface area contributed by atoms with E-state index in [9.17, 15) is 13.6 Å². The summed E-state index contributed by atoms with van der Waals surface area (Å²) in [5.41, 5.74) is 1.14. The molecule has 1 saturated heterocycles. The van der Waals surface area contributed by atoms with Gasteiger partial charge in [0.25, 0.3) is 0 Å². The molecule has 2 aromatic rings. The number of nitrogens with zero attached hydrogens (tertiary/aromatic N) is 2. The van der Waals surface area contributed by atoms with Gasteiger partial charge in [-0.2, -0.15) is 5.10 Å². The number of nitrogens with one attached hydrogen (secondary N) is 1. The Labute approximate surface area is 146 Å². The first-order chi connectivity index (χ1) is 12.1. The van der Waals surface area contributed by atoms with E-state index in [2.05, 4.69) is 15.5 Å². The number of ether oxygens (including phenoxy) is 1. The van der Waals surface area contributed by atoms with Crippen LogP contribution in [0.15, 0.2) is 52.7 Å². The molecular formula is C17H13F2N3O2S. The normalized spacial score (nSPS) is 15.8. The van der Waals surface area contributed by atoms with Crippen LogP contribution in [-0.4, -0.2) is 23.0 Å². The van der Waals surface area contributed by atoms with E-state index in [0.717, 1.165) is 11.6 Å². The van der Waals surface area contributed by atoms with Crippen molar-refractivity contribution >= 4 is 29.1 Å². The fraction of sp³-hybridized carbons (Fsp3) is 0.118. The molecule has 1 aliphatic rings. The predicted molar refractivity (Wildman–Crippen MR) is 92.8 cm³/mol. The third-order valence-electron chi connectivity index (χ3n) is 3.13. The van der Waals surface area contributed by atoms with E-state index in [-0.39, 0.29) is 12.5 Å². The Kier molecular flexibility index (Phi) is 5.39. The highest BCUT2D eigenvalue weighted by molar-refractivity contribution is 8.15. The SMILES string of the molecule is O=C1CSC(=NN=Cc2cccc(OCc3cc(F)cc(F)c3)c2)N1. The molecule has 2 aromatic carbocycles. The number of amides is 1. The van der Waals surface area contributed by atoms with Gasteiger partial charge in [-0.3, -0.25) is 4.79 Å². The van der Waals surface area contributed by atoms with Crippen LogP contribution in [0.5, 0.6) is 5.75 Å². The largest absolute Gasteiger partial charge is 0.489 e. The van der Waals surface area contributed by atoms with Crippen LogP contribution < -0.4 is 10.1 Å². The maximum atomic E-state index is 13.2. The number of benzene rings is 2. The van der Waals surface area contributed by atoms with Crippen molar-refractivity contribution in [2.75, 3.05) is 5.75 Å². The van der Waals surface area contributed by atoms with E-state index in [4.69, 9.17) is 4.74 Å². The summed E-state index contributed by atoms with van der Waals surface area (Å²) in [6.45, 7) is 0.0419. The van der Waals surface area contributed by atoms with Crippen molar-refractivity contribution < 1.29 is 18.3 Å².